The molecule has 1 N–H and O–H groups in total. The quantitative estimate of drug-likeness (QED) is 0.655. The van der Waals surface area contributed by atoms with Crippen LogP contribution in [0.1, 0.15) is 24.4 Å². The number of hydrogen-bond donors (Lipinski definition) is 1. The van der Waals surface area contributed by atoms with Crippen LogP contribution in [-0.2, 0) is 0 Å². The molecule has 2 rings (SSSR count). The minimum atomic E-state index is -4.09. The van der Waals surface area contributed by atoms with Crippen LogP contribution in [0.4, 0.5) is 13.2 Å². The highest BCUT2D eigenvalue weighted by Gasteiger charge is 2.31. The fourth-order valence-electron chi connectivity index (χ4n) is 2.57. The summed E-state index contributed by atoms with van der Waals surface area (Å²) in [5.74, 6) is 0. The molecule has 1 aromatic rings. The first kappa shape index (κ1) is 22.2. The molecule has 0 amide bonds. The molecule has 22 heavy (non-hydrogen) atoms. The average Bonchev–Trinajstić information content (AvgIpc) is 2.39. The molecule has 1 atom stereocenters. The van der Waals surface area contributed by atoms with Gasteiger partial charge in [-0.15, -0.1) is 24.8 Å². The Hall–Kier alpha value is 0.240. The van der Waals surface area contributed by atoms with E-state index >= 15 is 0 Å². The molecule has 1 saturated heterocycles. The van der Waals surface area contributed by atoms with E-state index in [4.69, 9.17) is 0 Å². The third-order valence-corrected chi connectivity index (χ3v) is 4.20. The van der Waals surface area contributed by atoms with Crippen molar-refractivity contribution >= 4 is 47.4 Å². The van der Waals surface area contributed by atoms with Crippen LogP contribution < -0.4 is 5.32 Å². The Bertz CT molecular complexity index is 440. The second-order valence-corrected chi connectivity index (χ2v) is 6.26. The van der Waals surface area contributed by atoms with E-state index in [1.54, 1.807) is 0 Å². The summed E-state index contributed by atoms with van der Waals surface area (Å²) in [5, 5.41) is 3.24. The molecule has 2 nitrogen and oxygen atoms in total. The van der Waals surface area contributed by atoms with E-state index in [1.807, 2.05) is 24.3 Å². The zero-order chi connectivity index (χ0) is 14.6. The number of halogens is 6. The Morgan fingerprint density at radius 3 is 2.36 bits per heavy atom. The maximum absolute atomic E-state index is 12.5. The molecule has 0 aromatic heterocycles. The SMILES string of the molecule is Cl.Cl.FC(F)(F)CC[C@@H](c1cccc(I)c1)N1CCNCC1. The fourth-order valence-corrected chi connectivity index (χ4v) is 3.14. The van der Waals surface area contributed by atoms with Crippen LogP contribution >= 0.6 is 47.4 Å². The van der Waals surface area contributed by atoms with E-state index in [9.17, 15) is 13.2 Å². The van der Waals surface area contributed by atoms with Gasteiger partial charge >= 0.3 is 6.18 Å². The topological polar surface area (TPSA) is 15.3 Å². The lowest BCUT2D eigenvalue weighted by Crippen LogP contribution is -2.45. The second kappa shape index (κ2) is 10.2. The number of hydrogen-bond acceptors (Lipinski definition) is 2. The average molecular weight is 471 g/mol. The van der Waals surface area contributed by atoms with Crippen molar-refractivity contribution in [3.05, 3.63) is 33.4 Å². The van der Waals surface area contributed by atoms with Crippen LogP contribution in [0.15, 0.2) is 24.3 Å². The molecule has 128 valence electrons. The van der Waals surface area contributed by atoms with Crippen LogP contribution in [0.3, 0.4) is 0 Å². The highest BCUT2D eigenvalue weighted by Crippen LogP contribution is 2.32. The Labute approximate surface area is 155 Å². The minimum absolute atomic E-state index is 0. The van der Waals surface area contributed by atoms with Gasteiger partial charge in [-0.3, -0.25) is 4.90 Å². The van der Waals surface area contributed by atoms with Crippen molar-refractivity contribution in [2.24, 2.45) is 0 Å². The summed E-state index contributed by atoms with van der Waals surface area (Å²) in [6.07, 6.45) is -4.69. The maximum Gasteiger partial charge on any atom is 0.389 e. The number of piperazine rings is 1. The number of nitrogens with zero attached hydrogens (tertiary/aromatic N) is 1. The lowest BCUT2D eigenvalue weighted by molar-refractivity contribution is -0.138. The van der Waals surface area contributed by atoms with Crippen molar-refractivity contribution in [1.82, 2.24) is 10.2 Å². The Balaban J connectivity index is 0.00000220. The van der Waals surface area contributed by atoms with E-state index in [0.717, 1.165) is 35.3 Å². The molecule has 0 saturated carbocycles. The van der Waals surface area contributed by atoms with Gasteiger partial charge in [0.2, 0.25) is 0 Å². The van der Waals surface area contributed by atoms with Crippen LogP contribution in [0.5, 0.6) is 0 Å². The fraction of sp³-hybridized carbons (Fsp3) is 0.571. The van der Waals surface area contributed by atoms with Gasteiger partial charge in [-0.25, -0.2) is 0 Å². The summed E-state index contributed by atoms with van der Waals surface area (Å²) in [6, 6.07) is 7.66. The molecule has 1 aliphatic heterocycles. The molecular weight excluding hydrogens is 451 g/mol. The van der Waals surface area contributed by atoms with Crippen molar-refractivity contribution in [1.29, 1.82) is 0 Å². The van der Waals surface area contributed by atoms with E-state index in [2.05, 4.69) is 32.8 Å². The number of nitrogens with one attached hydrogen (secondary N) is 1. The van der Waals surface area contributed by atoms with Gasteiger partial charge in [0.15, 0.2) is 0 Å². The number of benzene rings is 1. The van der Waals surface area contributed by atoms with Gasteiger partial charge in [-0.05, 0) is 46.7 Å². The molecule has 0 radical (unpaired) electrons. The zero-order valence-corrected chi connectivity index (χ0v) is 15.7. The number of alkyl halides is 3. The van der Waals surface area contributed by atoms with Crippen LogP contribution in [0, 0.1) is 3.57 Å². The number of rotatable bonds is 4. The molecule has 0 spiro atoms. The van der Waals surface area contributed by atoms with Crippen molar-refractivity contribution in [3.63, 3.8) is 0 Å². The zero-order valence-electron chi connectivity index (χ0n) is 11.9. The molecular formula is C14H20Cl2F3IN2. The van der Waals surface area contributed by atoms with E-state index in [1.165, 1.54) is 0 Å². The lowest BCUT2D eigenvalue weighted by Gasteiger charge is -2.35. The second-order valence-electron chi connectivity index (χ2n) is 5.01. The molecule has 1 aromatic carbocycles. The van der Waals surface area contributed by atoms with Gasteiger partial charge in [0.05, 0.1) is 0 Å². The van der Waals surface area contributed by atoms with E-state index < -0.39 is 12.6 Å². The molecule has 8 heteroatoms. The first-order valence-corrected chi connectivity index (χ1v) is 7.80. The third-order valence-electron chi connectivity index (χ3n) is 3.53. The Morgan fingerprint density at radius 2 is 1.82 bits per heavy atom. The highest BCUT2D eigenvalue weighted by atomic mass is 127. The Kier molecular flexibility index (Phi) is 10.3. The van der Waals surface area contributed by atoms with Crippen molar-refractivity contribution in [3.8, 4) is 0 Å². The predicted octanol–water partition coefficient (Wildman–Crippen LogP) is 4.42. The summed E-state index contributed by atoms with van der Waals surface area (Å²) in [4.78, 5) is 2.16. The van der Waals surface area contributed by atoms with Crippen molar-refractivity contribution in [2.45, 2.75) is 25.1 Å². The molecule has 0 unspecified atom stereocenters. The minimum Gasteiger partial charge on any atom is -0.314 e. The highest BCUT2D eigenvalue weighted by molar-refractivity contribution is 14.1. The summed E-state index contributed by atoms with van der Waals surface area (Å²) in [5.41, 5.74) is 0.989. The van der Waals surface area contributed by atoms with Gasteiger partial charge < -0.3 is 5.32 Å². The first-order chi connectivity index (χ1) is 9.46. The predicted molar refractivity (Wildman–Crippen MR) is 96.1 cm³/mol. The summed E-state index contributed by atoms with van der Waals surface area (Å²) < 4.78 is 38.7. The Morgan fingerprint density at radius 1 is 1.18 bits per heavy atom. The normalized spacial score (nSPS) is 17.3. The monoisotopic (exact) mass is 470 g/mol. The third kappa shape index (κ3) is 7.21. The largest absolute Gasteiger partial charge is 0.389 e. The molecule has 0 bridgehead atoms. The molecule has 1 heterocycles. The lowest BCUT2D eigenvalue weighted by atomic mass is 9.99. The molecule has 1 aliphatic rings. The van der Waals surface area contributed by atoms with Gasteiger partial charge in [-0.1, -0.05) is 12.1 Å². The standard InChI is InChI=1S/C14H18F3IN2.2ClH/c15-14(16,17)5-4-13(20-8-6-19-7-9-20)11-2-1-3-12(18)10-11;;/h1-3,10,13,19H,4-9H2;2*1H/t13-;;/m0../s1. The summed E-state index contributed by atoms with van der Waals surface area (Å²) in [7, 11) is 0. The maximum atomic E-state index is 12.5. The van der Waals surface area contributed by atoms with Crippen molar-refractivity contribution in [2.75, 3.05) is 26.2 Å². The summed E-state index contributed by atoms with van der Waals surface area (Å²) in [6.45, 7) is 3.28. The van der Waals surface area contributed by atoms with Crippen LogP contribution in [0.25, 0.3) is 0 Å². The van der Waals surface area contributed by atoms with Gasteiger partial charge in [0, 0.05) is 42.2 Å². The van der Waals surface area contributed by atoms with Gasteiger partial charge in [0.25, 0.3) is 0 Å². The van der Waals surface area contributed by atoms with Gasteiger partial charge in [-0.2, -0.15) is 13.2 Å². The smallest absolute Gasteiger partial charge is 0.314 e. The van der Waals surface area contributed by atoms with Crippen LogP contribution in [-0.4, -0.2) is 37.3 Å². The van der Waals surface area contributed by atoms with E-state index in [-0.39, 0.29) is 37.3 Å². The molecule has 0 aliphatic carbocycles. The van der Waals surface area contributed by atoms with E-state index in [0.29, 0.717) is 0 Å². The molecule has 1 fully saturated rings. The summed E-state index contributed by atoms with van der Waals surface area (Å²) >= 11 is 2.20. The van der Waals surface area contributed by atoms with Crippen molar-refractivity contribution < 1.29 is 13.2 Å². The first-order valence-electron chi connectivity index (χ1n) is 6.73. The van der Waals surface area contributed by atoms with Crippen LogP contribution in [0.2, 0.25) is 0 Å². The van der Waals surface area contributed by atoms with Gasteiger partial charge in [0.1, 0.15) is 0 Å².